The number of carbonyl (C=O) groups excluding carboxylic acids is 1. The van der Waals surface area contributed by atoms with Gasteiger partial charge in [-0.25, -0.2) is 9.37 Å². The van der Waals surface area contributed by atoms with Crippen molar-refractivity contribution in [3.63, 3.8) is 0 Å². The Hall–Kier alpha value is -1.79. The van der Waals surface area contributed by atoms with Gasteiger partial charge in [0.05, 0.1) is 17.7 Å². The van der Waals surface area contributed by atoms with Gasteiger partial charge in [-0.1, -0.05) is 12.1 Å². The van der Waals surface area contributed by atoms with Gasteiger partial charge < -0.3 is 9.64 Å². The number of carbonyl (C=O) groups is 1. The number of halogens is 1. The Balaban J connectivity index is 1.63. The van der Waals surface area contributed by atoms with Gasteiger partial charge in [0.2, 0.25) is 0 Å². The van der Waals surface area contributed by atoms with Crippen molar-refractivity contribution in [2.75, 3.05) is 19.7 Å². The maximum atomic E-state index is 12.9. The van der Waals surface area contributed by atoms with Gasteiger partial charge in [-0.15, -0.1) is 11.3 Å². The van der Waals surface area contributed by atoms with Crippen LogP contribution in [-0.4, -0.2) is 41.6 Å². The summed E-state index contributed by atoms with van der Waals surface area (Å²) < 4.78 is 18.7. The molecule has 1 amide bonds. The van der Waals surface area contributed by atoms with Crippen LogP contribution in [0.5, 0.6) is 0 Å². The van der Waals surface area contributed by atoms with Crippen molar-refractivity contribution in [1.29, 1.82) is 0 Å². The van der Waals surface area contributed by atoms with Crippen LogP contribution in [0.1, 0.15) is 21.1 Å². The van der Waals surface area contributed by atoms with Gasteiger partial charge in [0.1, 0.15) is 11.5 Å². The Bertz CT molecular complexity index is 656. The summed E-state index contributed by atoms with van der Waals surface area (Å²) >= 11 is 1.48. The van der Waals surface area contributed by atoms with Gasteiger partial charge in [0.25, 0.3) is 5.91 Å². The molecule has 1 atom stereocenters. The molecule has 1 saturated heterocycles. The summed E-state index contributed by atoms with van der Waals surface area (Å²) in [5, 5.41) is 2.68. The molecule has 1 aliphatic rings. The van der Waals surface area contributed by atoms with Crippen molar-refractivity contribution < 1.29 is 13.9 Å². The SMILES string of the molecule is Cc1nc(C(=O)N2CCO[C@@H](Cc3ccc(F)cc3)C2)cs1. The minimum Gasteiger partial charge on any atom is -0.374 e. The van der Waals surface area contributed by atoms with E-state index >= 15 is 0 Å². The lowest BCUT2D eigenvalue weighted by Gasteiger charge is -2.32. The highest BCUT2D eigenvalue weighted by Crippen LogP contribution is 2.16. The fourth-order valence-corrected chi connectivity index (χ4v) is 3.12. The Morgan fingerprint density at radius 2 is 2.23 bits per heavy atom. The predicted octanol–water partition coefficient (Wildman–Crippen LogP) is 2.67. The van der Waals surface area contributed by atoms with Crippen molar-refractivity contribution in [2.45, 2.75) is 19.4 Å². The number of hydrogen-bond acceptors (Lipinski definition) is 4. The Labute approximate surface area is 132 Å². The number of amides is 1. The summed E-state index contributed by atoms with van der Waals surface area (Å²) in [6.07, 6.45) is 0.600. The molecule has 6 heteroatoms. The number of aryl methyl sites for hydroxylation is 1. The monoisotopic (exact) mass is 320 g/mol. The summed E-state index contributed by atoms with van der Waals surface area (Å²) in [5.74, 6) is -0.291. The van der Waals surface area contributed by atoms with E-state index in [4.69, 9.17) is 4.74 Å². The van der Waals surface area contributed by atoms with Crippen LogP contribution in [-0.2, 0) is 11.2 Å². The largest absolute Gasteiger partial charge is 0.374 e. The Morgan fingerprint density at radius 1 is 1.45 bits per heavy atom. The average molecular weight is 320 g/mol. The molecule has 3 rings (SSSR count). The summed E-state index contributed by atoms with van der Waals surface area (Å²) in [6.45, 7) is 3.51. The zero-order chi connectivity index (χ0) is 15.5. The molecule has 22 heavy (non-hydrogen) atoms. The van der Waals surface area contributed by atoms with Gasteiger partial charge in [0, 0.05) is 24.9 Å². The standard InChI is InChI=1S/C16H17FN2O2S/c1-11-18-15(10-22-11)16(20)19-6-7-21-14(9-19)8-12-2-4-13(17)5-3-12/h2-5,10,14H,6-9H2,1H3/t14-/m0/s1. The molecule has 1 aliphatic heterocycles. The van der Waals surface area contributed by atoms with Gasteiger partial charge >= 0.3 is 0 Å². The van der Waals surface area contributed by atoms with E-state index < -0.39 is 0 Å². The van der Waals surface area contributed by atoms with E-state index in [0.717, 1.165) is 10.6 Å². The second-order valence-electron chi connectivity index (χ2n) is 5.33. The second-order valence-corrected chi connectivity index (χ2v) is 6.39. The highest BCUT2D eigenvalue weighted by molar-refractivity contribution is 7.09. The molecule has 0 saturated carbocycles. The lowest BCUT2D eigenvalue weighted by Crippen LogP contribution is -2.46. The molecule has 116 valence electrons. The van der Waals surface area contributed by atoms with Crippen molar-refractivity contribution >= 4 is 17.2 Å². The maximum Gasteiger partial charge on any atom is 0.273 e. The predicted molar refractivity (Wildman–Crippen MR) is 82.6 cm³/mol. The van der Waals surface area contributed by atoms with E-state index in [1.54, 1.807) is 22.4 Å². The molecule has 1 aromatic carbocycles. The van der Waals surface area contributed by atoms with Gasteiger partial charge in [0.15, 0.2) is 0 Å². The zero-order valence-corrected chi connectivity index (χ0v) is 13.1. The highest BCUT2D eigenvalue weighted by Gasteiger charge is 2.26. The van der Waals surface area contributed by atoms with E-state index in [2.05, 4.69) is 4.98 Å². The van der Waals surface area contributed by atoms with Crippen LogP contribution < -0.4 is 0 Å². The first-order valence-electron chi connectivity index (χ1n) is 7.19. The van der Waals surface area contributed by atoms with Crippen LogP contribution in [0.15, 0.2) is 29.6 Å². The molecule has 0 spiro atoms. The van der Waals surface area contributed by atoms with Crippen molar-refractivity contribution in [3.05, 3.63) is 51.7 Å². The molecule has 1 aromatic heterocycles. The molecule has 1 fully saturated rings. The van der Waals surface area contributed by atoms with Crippen molar-refractivity contribution in [3.8, 4) is 0 Å². The molecule has 0 N–H and O–H groups in total. The fraction of sp³-hybridized carbons (Fsp3) is 0.375. The Kier molecular flexibility index (Phi) is 4.49. The van der Waals surface area contributed by atoms with E-state index in [1.807, 2.05) is 6.92 Å². The highest BCUT2D eigenvalue weighted by atomic mass is 32.1. The third-order valence-electron chi connectivity index (χ3n) is 3.64. The van der Waals surface area contributed by atoms with E-state index in [1.165, 1.54) is 23.5 Å². The number of hydrogen-bond donors (Lipinski definition) is 0. The molecule has 0 radical (unpaired) electrons. The number of nitrogens with zero attached hydrogens (tertiary/aromatic N) is 2. The van der Waals surface area contributed by atoms with Crippen molar-refractivity contribution in [1.82, 2.24) is 9.88 Å². The minimum absolute atomic E-state index is 0.0447. The minimum atomic E-state index is -0.246. The first kappa shape index (κ1) is 15.1. The van der Waals surface area contributed by atoms with Crippen LogP contribution in [0.2, 0.25) is 0 Å². The van der Waals surface area contributed by atoms with Gasteiger partial charge in [-0.05, 0) is 24.6 Å². The third kappa shape index (κ3) is 3.51. The topological polar surface area (TPSA) is 42.4 Å². The van der Waals surface area contributed by atoms with Crippen molar-refractivity contribution in [2.24, 2.45) is 0 Å². The van der Waals surface area contributed by atoms with Crippen LogP contribution in [0.4, 0.5) is 4.39 Å². The normalized spacial score (nSPS) is 18.5. The summed E-state index contributed by atoms with van der Waals surface area (Å²) in [4.78, 5) is 18.5. The van der Waals surface area contributed by atoms with Gasteiger partial charge in [-0.3, -0.25) is 4.79 Å². The maximum absolute atomic E-state index is 12.9. The molecule has 0 aliphatic carbocycles. The quantitative estimate of drug-likeness (QED) is 0.873. The number of thiazole rings is 1. The number of benzene rings is 1. The number of morpholine rings is 1. The lowest BCUT2D eigenvalue weighted by molar-refractivity contribution is -0.0209. The van der Waals surface area contributed by atoms with E-state index in [9.17, 15) is 9.18 Å². The average Bonchev–Trinajstić information content (AvgIpc) is 2.96. The van der Waals surface area contributed by atoms with Crippen LogP contribution in [0, 0.1) is 12.7 Å². The lowest BCUT2D eigenvalue weighted by atomic mass is 10.1. The molecular weight excluding hydrogens is 303 g/mol. The zero-order valence-electron chi connectivity index (χ0n) is 12.3. The smallest absolute Gasteiger partial charge is 0.273 e. The molecule has 0 unspecified atom stereocenters. The van der Waals surface area contributed by atoms with E-state index in [-0.39, 0.29) is 17.8 Å². The number of ether oxygens (including phenoxy) is 1. The molecule has 4 nitrogen and oxygen atoms in total. The molecule has 2 heterocycles. The molecular formula is C16H17FN2O2S. The fourth-order valence-electron chi connectivity index (χ4n) is 2.53. The second kappa shape index (κ2) is 6.54. The van der Waals surface area contributed by atoms with Crippen LogP contribution in [0.25, 0.3) is 0 Å². The Morgan fingerprint density at radius 3 is 2.91 bits per heavy atom. The summed E-state index contributed by atoms with van der Waals surface area (Å²) in [7, 11) is 0. The molecule has 2 aromatic rings. The first-order chi connectivity index (χ1) is 10.6. The van der Waals surface area contributed by atoms with Crippen LogP contribution in [0.3, 0.4) is 0 Å². The van der Waals surface area contributed by atoms with E-state index in [0.29, 0.717) is 31.8 Å². The van der Waals surface area contributed by atoms with Crippen LogP contribution >= 0.6 is 11.3 Å². The number of aromatic nitrogens is 1. The van der Waals surface area contributed by atoms with Gasteiger partial charge in [-0.2, -0.15) is 0 Å². The summed E-state index contributed by atoms with van der Waals surface area (Å²) in [5.41, 5.74) is 1.51. The molecule has 0 bridgehead atoms. The summed E-state index contributed by atoms with van der Waals surface area (Å²) in [6, 6.07) is 6.39. The third-order valence-corrected chi connectivity index (χ3v) is 4.41. The first-order valence-corrected chi connectivity index (χ1v) is 8.07. The number of rotatable bonds is 3.